The first-order valence-electron chi connectivity index (χ1n) is 18.2. The number of hydrogen-bond donors (Lipinski definition) is 2. The van der Waals surface area contributed by atoms with Crippen molar-refractivity contribution in [2.75, 3.05) is 11.0 Å². The largest absolute Gasteiger partial charge is 0.344 e. The first kappa shape index (κ1) is 41.2. The Bertz CT molecular complexity index is 2930. The lowest BCUT2D eigenvalue weighted by Gasteiger charge is -2.24. The highest BCUT2D eigenvalue weighted by Crippen LogP contribution is 2.68. The van der Waals surface area contributed by atoms with Crippen LogP contribution >= 0.6 is 11.6 Å². The summed E-state index contributed by atoms with van der Waals surface area (Å²) in [7, 11) is -2.57. The van der Waals surface area contributed by atoms with Gasteiger partial charge in [0.15, 0.2) is 5.82 Å². The molecule has 316 valence electrons. The van der Waals surface area contributed by atoms with Crippen molar-refractivity contribution in [2.45, 2.75) is 63.0 Å². The maximum atomic E-state index is 15.4. The molecule has 60 heavy (non-hydrogen) atoms. The first-order valence-corrected chi connectivity index (χ1v) is 20.5. The Morgan fingerprint density at radius 1 is 1.07 bits per heavy atom. The molecule has 2 aliphatic rings. The summed E-state index contributed by atoms with van der Waals surface area (Å²) in [5.74, 6) is -13.0. The number of amides is 1. The van der Waals surface area contributed by atoms with Crippen molar-refractivity contribution in [3.05, 3.63) is 109 Å². The third-order valence-electron chi connectivity index (χ3n) is 10.7. The van der Waals surface area contributed by atoms with Gasteiger partial charge in [-0.05, 0) is 54.3 Å². The van der Waals surface area contributed by atoms with Crippen molar-refractivity contribution in [3.8, 4) is 5.69 Å². The number of aromatic nitrogens is 6. The van der Waals surface area contributed by atoms with Crippen LogP contribution in [0.4, 0.5) is 40.9 Å². The van der Waals surface area contributed by atoms with Gasteiger partial charge in [0.2, 0.25) is 15.9 Å². The van der Waals surface area contributed by atoms with E-state index in [0.717, 1.165) is 41.2 Å². The highest BCUT2D eigenvalue weighted by atomic mass is 35.5. The number of fused-ring (bicyclic) bond motifs is 5. The van der Waals surface area contributed by atoms with E-state index < -0.39 is 111 Å². The van der Waals surface area contributed by atoms with Crippen LogP contribution in [0.3, 0.4) is 0 Å². The summed E-state index contributed by atoms with van der Waals surface area (Å²) < 4.78 is 148. The van der Waals surface area contributed by atoms with Crippen LogP contribution in [0.5, 0.6) is 0 Å². The molecule has 3 atom stereocenters. The van der Waals surface area contributed by atoms with Gasteiger partial charge in [0.05, 0.1) is 44.8 Å². The number of hydrogen-bond acceptors (Lipinski definition) is 7. The molecule has 1 amide bonds. The van der Waals surface area contributed by atoms with Crippen molar-refractivity contribution in [1.82, 2.24) is 34.4 Å². The van der Waals surface area contributed by atoms with Crippen molar-refractivity contribution in [1.29, 1.82) is 0 Å². The van der Waals surface area contributed by atoms with Crippen LogP contribution in [0.1, 0.15) is 72.1 Å². The summed E-state index contributed by atoms with van der Waals surface area (Å²) in [6.07, 6.45) is -3.64. The molecule has 22 heteroatoms. The van der Waals surface area contributed by atoms with E-state index in [4.69, 9.17) is 11.6 Å². The third-order valence-corrected chi connectivity index (χ3v) is 11.5. The normalized spacial score (nSPS) is 17.6. The molecule has 1 fully saturated rings. The smallest absolute Gasteiger partial charge is 0.293 e. The van der Waals surface area contributed by atoms with Gasteiger partial charge in [0.1, 0.15) is 35.4 Å². The predicted molar refractivity (Wildman–Crippen MR) is 202 cm³/mol. The highest BCUT2D eigenvalue weighted by Gasteiger charge is 2.67. The summed E-state index contributed by atoms with van der Waals surface area (Å²) in [4.78, 5) is 33.3. The van der Waals surface area contributed by atoms with Gasteiger partial charge in [-0.2, -0.15) is 19.0 Å². The van der Waals surface area contributed by atoms with E-state index >= 15 is 17.6 Å². The van der Waals surface area contributed by atoms with E-state index in [2.05, 4.69) is 25.2 Å². The Morgan fingerprint density at radius 2 is 1.77 bits per heavy atom. The van der Waals surface area contributed by atoms with Crippen LogP contribution in [0.25, 0.3) is 27.5 Å². The second-order valence-electron chi connectivity index (χ2n) is 14.8. The van der Waals surface area contributed by atoms with Crippen molar-refractivity contribution < 1.29 is 48.3 Å². The first-order chi connectivity index (χ1) is 28.1. The zero-order valence-electron chi connectivity index (χ0n) is 31.4. The van der Waals surface area contributed by atoms with Crippen LogP contribution in [0.15, 0.2) is 53.3 Å². The monoisotopic (exact) mass is 882 g/mol. The summed E-state index contributed by atoms with van der Waals surface area (Å²) in [6.45, 7) is 0.172. The van der Waals surface area contributed by atoms with Gasteiger partial charge in [0, 0.05) is 43.0 Å². The highest BCUT2D eigenvalue weighted by molar-refractivity contribution is 7.92. The third kappa shape index (κ3) is 7.03. The van der Waals surface area contributed by atoms with E-state index in [1.54, 1.807) is 0 Å². The Hall–Kier alpha value is -5.57. The van der Waals surface area contributed by atoms with E-state index in [1.807, 2.05) is 0 Å². The molecule has 0 spiro atoms. The number of nitrogens with one attached hydrogen (secondary N) is 2. The summed E-state index contributed by atoms with van der Waals surface area (Å²) in [5.41, 5.74) is -4.05. The molecule has 3 aromatic heterocycles. The quantitative estimate of drug-likeness (QED) is 0.121. The average Bonchev–Trinajstić information content (AvgIpc) is 3.69. The minimum Gasteiger partial charge on any atom is -0.344 e. The second-order valence-corrected chi connectivity index (χ2v) is 17.0. The Labute approximate surface area is 339 Å². The molecule has 3 aromatic carbocycles. The lowest BCUT2D eigenvalue weighted by Crippen LogP contribution is -2.38. The molecule has 0 radical (unpaired) electrons. The number of carbonyl (C=O) groups excluding carboxylic acids is 1. The summed E-state index contributed by atoms with van der Waals surface area (Å²) >= 11 is 6.55. The minimum absolute atomic E-state index is 0.00731. The Kier molecular flexibility index (Phi) is 9.80. The maximum absolute atomic E-state index is 15.4. The van der Waals surface area contributed by atoms with Crippen LogP contribution < -0.4 is 15.6 Å². The van der Waals surface area contributed by atoms with Gasteiger partial charge in [-0.15, -0.1) is 0 Å². The van der Waals surface area contributed by atoms with E-state index in [9.17, 15) is 35.6 Å². The number of halogens is 9. The SMILES string of the molecule is CCC(F)(F)c1ccc2c(=O)n(-c3ccc(Cl)c4c(NS(C)(=O)=O)nn(C)c34)c([C@H](Cc3cc(F)cc(F)c3)NC(=O)Cn3nc(C(F)F)c4c3C(F)(F)C3C[C@H]43)nc2c1. The van der Waals surface area contributed by atoms with E-state index in [1.165, 1.54) is 30.8 Å². The standard InChI is InChI=1S/C38H31ClF8N8O4S/c1-4-37(44,45)17-5-6-20-24(12-17)49-35(55(36(20)57)26-8-7-23(39)29-31(26)53(2)51-34(29)52-60(3,58)59)25(11-16-9-18(40)13-19(41)10-16)48-27(56)15-54-32-28(30(50-54)33(42)43)21-14-22(21)38(32,46)47/h5-10,12-13,21-22,25,33H,4,11,14-15H2,1-3H3,(H,48,56)(H,51,52)/t21-,22?,25-/m0/s1. The molecule has 1 saturated carbocycles. The van der Waals surface area contributed by atoms with E-state index in [0.29, 0.717) is 10.7 Å². The Morgan fingerprint density at radius 3 is 2.42 bits per heavy atom. The number of carbonyl (C=O) groups is 1. The van der Waals surface area contributed by atoms with Crippen LogP contribution in [-0.2, 0) is 46.7 Å². The lowest BCUT2D eigenvalue weighted by atomic mass is 10.0. The average molecular weight is 883 g/mol. The van der Waals surface area contributed by atoms with Crippen molar-refractivity contribution in [2.24, 2.45) is 13.0 Å². The van der Waals surface area contributed by atoms with Gasteiger partial charge >= 0.3 is 0 Å². The molecule has 0 bridgehead atoms. The number of anilines is 1. The molecule has 0 saturated heterocycles. The molecule has 0 aliphatic heterocycles. The molecule has 8 rings (SSSR count). The molecule has 1 unspecified atom stereocenters. The zero-order valence-corrected chi connectivity index (χ0v) is 33.0. The molecule has 2 N–H and O–H groups in total. The number of alkyl halides is 6. The van der Waals surface area contributed by atoms with Gasteiger partial charge in [0.25, 0.3) is 23.8 Å². The number of nitrogens with zero attached hydrogens (tertiary/aromatic N) is 6. The number of sulfonamides is 1. The van der Waals surface area contributed by atoms with Crippen LogP contribution in [0, 0.1) is 17.6 Å². The predicted octanol–water partition coefficient (Wildman–Crippen LogP) is 7.52. The van der Waals surface area contributed by atoms with Gasteiger partial charge in [-0.1, -0.05) is 24.6 Å². The second kappa shape index (κ2) is 14.3. The fourth-order valence-electron chi connectivity index (χ4n) is 8.01. The van der Waals surface area contributed by atoms with Crippen molar-refractivity contribution in [3.63, 3.8) is 0 Å². The lowest BCUT2D eigenvalue weighted by molar-refractivity contribution is -0.123. The Balaban J connectivity index is 1.35. The zero-order chi connectivity index (χ0) is 43.4. The number of rotatable bonds is 12. The molecule has 2 aliphatic carbocycles. The van der Waals surface area contributed by atoms with Gasteiger partial charge in [-0.25, -0.2) is 39.7 Å². The summed E-state index contributed by atoms with van der Waals surface area (Å²) in [6, 6.07) is 6.41. The summed E-state index contributed by atoms with van der Waals surface area (Å²) in [5, 5.41) is 10.2. The molecule has 6 aromatic rings. The van der Waals surface area contributed by atoms with Gasteiger partial charge in [-0.3, -0.25) is 28.2 Å². The van der Waals surface area contributed by atoms with Crippen LogP contribution in [0.2, 0.25) is 5.02 Å². The molecule has 3 heterocycles. The molecular weight excluding hydrogens is 852 g/mol. The number of aryl methyl sites for hydroxylation is 1. The fourth-order valence-corrected chi connectivity index (χ4v) is 8.75. The molecular formula is C38H31ClF8N8O4S. The molecule has 12 nitrogen and oxygen atoms in total. The maximum Gasteiger partial charge on any atom is 0.293 e. The van der Waals surface area contributed by atoms with Crippen LogP contribution in [-0.4, -0.2) is 49.7 Å². The topological polar surface area (TPSA) is 146 Å². The van der Waals surface area contributed by atoms with Gasteiger partial charge < -0.3 is 5.32 Å². The number of benzene rings is 3. The minimum atomic E-state index is -3.95. The van der Waals surface area contributed by atoms with Crippen molar-refractivity contribution >= 4 is 55.2 Å². The van der Waals surface area contributed by atoms with E-state index in [-0.39, 0.29) is 55.9 Å². The fraction of sp³-hybridized carbons (Fsp3) is 0.342.